The summed E-state index contributed by atoms with van der Waals surface area (Å²) >= 11 is 0. The fourth-order valence-corrected chi connectivity index (χ4v) is 3.63. The lowest BCUT2D eigenvalue weighted by Crippen LogP contribution is -2.29. The summed E-state index contributed by atoms with van der Waals surface area (Å²) in [6, 6.07) is 5.17. The zero-order chi connectivity index (χ0) is 11.9. The van der Waals surface area contributed by atoms with Crippen LogP contribution in [0.5, 0.6) is 0 Å². The standard InChI is InChI=1S/C15H20FN/c1-15(7-3-2-4-8-15)13-10-17-14-6-5-11(16)9-12(13)14/h5-6,9,13,17H,2-4,7-8,10H2,1H3. The summed E-state index contributed by atoms with van der Waals surface area (Å²) in [5.74, 6) is 0.394. The van der Waals surface area contributed by atoms with E-state index in [-0.39, 0.29) is 5.82 Å². The Bertz CT molecular complexity index is 421. The third kappa shape index (κ3) is 1.84. The topological polar surface area (TPSA) is 12.0 Å². The average Bonchev–Trinajstić information content (AvgIpc) is 2.73. The average molecular weight is 233 g/mol. The van der Waals surface area contributed by atoms with Gasteiger partial charge in [0.25, 0.3) is 0 Å². The van der Waals surface area contributed by atoms with Gasteiger partial charge in [0.1, 0.15) is 5.82 Å². The molecule has 0 spiro atoms. The Kier molecular flexibility index (Phi) is 2.61. The largest absolute Gasteiger partial charge is 0.384 e. The number of hydrogen-bond acceptors (Lipinski definition) is 1. The van der Waals surface area contributed by atoms with Crippen LogP contribution in [0.1, 0.15) is 50.5 Å². The van der Waals surface area contributed by atoms with E-state index in [0.29, 0.717) is 11.3 Å². The molecular weight excluding hydrogens is 213 g/mol. The molecule has 1 aliphatic heterocycles. The summed E-state index contributed by atoms with van der Waals surface area (Å²) in [6.45, 7) is 3.37. The SMILES string of the molecule is CC1(C2CNc3ccc(F)cc32)CCCCC1. The van der Waals surface area contributed by atoms with Crippen LogP contribution >= 0.6 is 0 Å². The van der Waals surface area contributed by atoms with Crippen molar-refractivity contribution < 1.29 is 4.39 Å². The molecule has 1 aromatic carbocycles. The molecule has 2 heteroatoms. The van der Waals surface area contributed by atoms with Crippen LogP contribution in [0, 0.1) is 11.2 Å². The summed E-state index contributed by atoms with van der Waals surface area (Å²) in [4.78, 5) is 0. The number of fused-ring (bicyclic) bond motifs is 1. The molecule has 1 fully saturated rings. The van der Waals surface area contributed by atoms with Gasteiger partial charge in [-0.2, -0.15) is 0 Å². The minimum atomic E-state index is -0.100. The molecule has 1 heterocycles. The van der Waals surface area contributed by atoms with Crippen LogP contribution in [0.4, 0.5) is 10.1 Å². The monoisotopic (exact) mass is 233 g/mol. The van der Waals surface area contributed by atoms with Crippen molar-refractivity contribution >= 4 is 5.69 Å². The molecule has 92 valence electrons. The highest BCUT2D eigenvalue weighted by Gasteiger charge is 2.39. The smallest absolute Gasteiger partial charge is 0.123 e. The maximum absolute atomic E-state index is 13.4. The van der Waals surface area contributed by atoms with Crippen LogP contribution < -0.4 is 5.32 Å². The molecule has 1 nitrogen and oxygen atoms in total. The number of hydrogen-bond donors (Lipinski definition) is 1. The maximum Gasteiger partial charge on any atom is 0.123 e. The van der Waals surface area contributed by atoms with Crippen molar-refractivity contribution in [1.29, 1.82) is 0 Å². The van der Waals surface area contributed by atoms with E-state index >= 15 is 0 Å². The number of benzene rings is 1. The zero-order valence-corrected chi connectivity index (χ0v) is 10.4. The molecule has 0 radical (unpaired) electrons. The number of anilines is 1. The molecule has 0 bridgehead atoms. The van der Waals surface area contributed by atoms with Gasteiger partial charge >= 0.3 is 0 Å². The van der Waals surface area contributed by atoms with Crippen molar-refractivity contribution in [3.05, 3.63) is 29.6 Å². The van der Waals surface area contributed by atoms with Gasteiger partial charge in [-0.1, -0.05) is 26.2 Å². The summed E-state index contributed by atoms with van der Waals surface area (Å²) in [7, 11) is 0. The van der Waals surface area contributed by atoms with Crippen LogP contribution in [0.3, 0.4) is 0 Å². The highest BCUT2D eigenvalue weighted by molar-refractivity contribution is 5.58. The summed E-state index contributed by atoms with van der Waals surface area (Å²) in [5, 5.41) is 3.43. The van der Waals surface area contributed by atoms with Gasteiger partial charge in [0, 0.05) is 18.2 Å². The van der Waals surface area contributed by atoms with E-state index in [1.807, 2.05) is 6.07 Å². The van der Waals surface area contributed by atoms with E-state index in [2.05, 4.69) is 12.2 Å². The van der Waals surface area contributed by atoms with Crippen molar-refractivity contribution in [2.75, 3.05) is 11.9 Å². The van der Waals surface area contributed by atoms with Crippen molar-refractivity contribution in [2.24, 2.45) is 5.41 Å². The highest BCUT2D eigenvalue weighted by Crippen LogP contribution is 2.50. The first kappa shape index (κ1) is 11.1. The first-order valence-corrected chi connectivity index (χ1v) is 6.72. The molecule has 3 rings (SSSR count). The molecule has 2 aliphatic rings. The molecule has 1 unspecified atom stereocenters. The Balaban J connectivity index is 1.94. The van der Waals surface area contributed by atoms with Crippen LogP contribution in [-0.4, -0.2) is 6.54 Å². The van der Waals surface area contributed by atoms with Crippen LogP contribution in [0.2, 0.25) is 0 Å². The van der Waals surface area contributed by atoms with Crippen LogP contribution in [0.25, 0.3) is 0 Å². The van der Waals surface area contributed by atoms with Gasteiger partial charge in [-0.05, 0) is 42.0 Å². The molecule has 0 aromatic heterocycles. The minimum Gasteiger partial charge on any atom is -0.384 e. The lowest BCUT2D eigenvalue weighted by Gasteiger charge is -2.39. The van der Waals surface area contributed by atoms with E-state index in [1.54, 1.807) is 12.1 Å². The first-order chi connectivity index (χ1) is 8.19. The highest BCUT2D eigenvalue weighted by atomic mass is 19.1. The van der Waals surface area contributed by atoms with Gasteiger partial charge < -0.3 is 5.32 Å². The first-order valence-electron chi connectivity index (χ1n) is 6.72. The summed E-state index contributed by atoms with van der Waals surface area (Å²) in [5.41, 5.74) is 2.71. The molecule has 1 aromatic rings. The normalized spacial score (nSPS) is 26.4. The predicted molar refractivity (Wildman–Crippen MR) is 68.8 cm³/mol. The van der Waals surface area contributed by atoms with Crippen LogP contribution in [-0.2, 0) is 0 Å². The molecular formula is C15H20FN. The zero-order valence-electron chi connectivity index (χ0n) is 10.4. The van der Waals surface area contributed by atoms with Crippen molar-refractivity contribution in [3.8, 4) is 0 Å². The third-order valence-corrected chi connectivity index (χ3v) is 4.72. The number of rotatable bonds is 1. The second-order valence-corrected chi connectivity index (χ2v) is 5.88. The third-order valence-electron chi connectivity index (χ3n) is 4.72. The quantitative estimate of drug-likeness (QED) is 0.762. The van der Waals surface area contributed by atoms with E-state index in [9.17, 15) is 4.39 Å². The van der Waals surface area contributed by atoms with Crippen molar-refractivity contribution in [3.63, 3.8) is 0 Å². The lowest BCUT2D eigenvalue weighted by atomic mass is 9.66. The molecule has 1 atom stereocenters. The second kappa shape index (κ2) is 4.01. The molecule has 1 N–H and O–H groups in total. The van der Waals surface area contributed by atoms with Gasteiger partial charge in [0.05, 0.1) is 0 Å². The van der Waals surface area contributed by atoms with E-state index in [4.69, 9.17) is 0 Å². The van der Waals surface area contributed by atoms with E-state index in [0.717, 1.165) is 12.2 Å². The fourth-order valence-electron chi connectivity index (χ4n) is 3.63. The van der Waals surface area contributed by atoms with Crippen LogP contribution in [0.15, 0.2) is 18.2 Å². The Hall–Kier alpha value is -1.05. The molecule has 1 saturated carbocycles. The summed E-state index contributed by atoms with van der Waals surface area (Å²) < 4.78 is 13.4. The fraction of sp³-hybridized carbons (Fsp3) is 0.600. The van der Waals surface area contributed by atoms with Gasteiger partial charge in [-0.25, -0.2) is 4.39 Å². The Morgan fingerprint density at radius 2 is 2.00 bits per heavy atom. The minimum absolute atomic E-state index is 0.100. The lowest BCUT2D eigenvalue weighted by molar-refractivity contribution is 0.177. The van der Waals surface area contributed by atoms with Gasteiger partial charge in [-0.15, -0.1) is 0 Å². The molecule has 17 heavy (non-hydrogen) atoms. The van der Waals surface area contributed by atoms with Gasteiger partial charge in [-0.3, -0.25) is 0 Å². The predicted octanol–water partition coefficient (Wildman–Crippen LogP) is 4.31. The van der Waals surface area contributed by atoms with Crippen molar-refractivity contribution in [2.45, 2.75) is 44.9 Å². The summed E-state index contributed by atoms with van der Waals surface area (Å²) in [6.07, 6.45) is 6.60. The molecule has 0 amide bonds. The molecule has 1 aliphatic carbocycles. The number of nitrogens with one attached hydrogen (secondary N) is 1. The Labute approximate surface area is 102 Å². The maximum atomic E-state index is 13.4. The van der Waals surface area contributed by atoms with Crippen molar-refractivity contribution in [1.82, 2.24) is 0 Å². The Morgan fingerprint density at radius 1 is 1.24 bits per heavy atom. The van der Waals surface area contributed by atoms with Gasteiger partial charge in [0.2, 0.25) is 0 Å². The second-order valence-electron chi connectivity index (χ2n) is 5.88. The Morgan fingerprint density at radius 3 is 2.76 bits per heavy atom. The molecule has 0 saturated heterocycles. The van der Waals surface area contributed by atoms with E-state index in [1.165, 1.54) is 37.7 Å². The van der Waals surface area contributed by atoms with Gasteiger partial charge in [0.15, 0.2) is 0 Å². The van der Waals surface area contributed by atoms with E-state index < -0.39 is 0 Å². The number of halogens is 1.